The molecular weight excluding hydrogens is 513 g/mol. The number of nitrogens with zero attached hydrogens (tertiary/aromatic N) is 4. The molecule has 2 aromatic carbocycles. The summed E-state index contributed by atoms with van der Waals surface area (Å²) in [6.07, 6.45) is 0.759. The Labute approximate surface area is 230 Å². The third kappa shape index (κ3) is 7.23. The van der Waals surface area contributed by atoms with Crippen LogP contribution in [0, 0.1) is 0 Å². The lowest BCUT2D eigenvalue weighted by molar-refractivity contribution is 0.291. The van der Waals surface area contributed by atoms with Gasteiger partial charge in [0.05, 0.1) is 28.2 Å². The molecule has 36 heavy (non-hydrogen) atoms. The third-order valence-corrected chi connectivity index (χ3v) is 6.86. The third-order valence-electron chi connectivity index (χ3n) is 5.96. The van der Waals surface area contributed by atoms with Crippen molar-refractivity contribution < 1.29 is 4.74 Å². The van der Waals surface area contributed by atoms with Gasteiger partial charge in [0.2, 0.25) is 0 Å². The van der Waals surface area contributed by atoms with Gasteiger partial charge in [0.25, 0.3) is 0 Å². The summed E-state index contributed by atoms with van der Waals surface area (Å²) in [5.41, 5.74) is 10.4. The van der Waals surface area contributed by atoms with E-state index < -0.39 is 0 Å². The number of rotatable bonds is 11. The zero-order valence-electron chi connectivity index (χ0n) is 21.0. The number of fused-ring (bicyclic) bond motifs is 1. The second-order valence-corrected chi connectivity index (χ2v) is 9.06. The topological polar surface area (TPSA) is 68.7 Å². The van der Waals surface area contributed by atoms with E-state index in [2.05, 4.69) is 46.5 Å². The van der Waals surface area contributed by atoms with Crippen molar-refractivity contribution in [3.63, 3.8) is 0 Å². The van der Waals surface area contributed by atoms with E-state index in [9.17, 15) is 0 Å². The van der Waals surface area contributed by atoms with E-state index in [1.54, 1.807) is 11.3 Å². The number of nitrogens with two attached hydrogens (primary N) is 1. The van der Waals surface area contributed by atoms with Crippen molar-refractivity contribution >= 4 is 58.7 Å². The van der Waals surface area contributed by atoms with Gasteiger partial charge in [-0.25, -0.2) is 9.98 Å². The van der Waals surface area contributed by atoms with Crippen LogP contribution in [-0.2, 0) is 13.0 Å². The van der Waals surface area contributed by atoms with Gasteiger partial charge >= 0.3 is 0 Å². The van der Waals surface area contributed by atoms with Gasteiger partial charge in [0.15, 0.2) is 0 Å². The Morgan fingerprint density at radius 1 is 1.06 bits per heavy atom. The number of benzene rings is 2. The van der Waals surface area contributed by atoms with Gasteiger partial charge in [-0.1, -0.05) is 32.0 Å². The number of hydrogen-bond donors (Lipinski definition) is 1. The number of aromatic nitrogens is 2. The Bertz CT molecular complexity index is 1240. The van der Waals surface area contributed by atoms with Gasteiger partial charge in [0.1, 0.15) is 17.4 Å². The average Bonchev–Trinajstić information content (AvgIpc) is 3.50. The lowest BCUT2D eigenvalue weighted by atomic mass is 10.1. The number of halogens is 2. The fraction of sp³-hybridized carbons (Fsp3) is 0.333. The molecule has 0 bridgehead atoms. The van der Waals surface area contributed by atoms with Crippen molar-refractivity contribution in [3.8, 4) is 5.75 Å². The molecule has 0 saturated heterocycles. The van der Waals surface area contributed by atoms with Crippen molar-refractivity contribution in [2.24, 2.45) is 10.7 Å². The highest BCUT2D eigenvalue weighted by molar-refractivity contribution is 7.12. The first-order valence-corrected chi connectivity index (χ1v) is 12.8. The average molecular weight is 549 g/mol. The fourth-order valence-electron chi connectivity index (χ4n) is 4.07. The van der Waals surface area contributed by atoms with Crippen LogP contribution in [0.3, 0.4) is 0 Å². The smallest absolute Gasteiger partial charge is 0.141 e. The maximum atomic E-state index is 6.25. The summed E-state index contributed by atoms with van der Waals surface area (Å²) in [5.74, 6) is 2.49. The molecule has 194 valence electrons. The van der Waals surface area contributed by atoms with Crippen molar-refractivity contribution in [3.05, 3.63) is 76.2 Å². The van der Waals surface area contributed by atoms with Crippen molar-refractivity contribution in [1.82, 2.24) is 14.5 Å². The molecule has 2 N–H and O–H groups in total. The molecule has 0 aliphatic rings. The lowest BCUT2D eigenvalue weighted by Crippen LogP contribution is -2.27. The van der Waals surface area contributed by atoms with Gasteiger partial charge in [-0.05, 0) is 67.4 Å². The standard InChI is InChI=1S/C27H33N5OS.2ClH/c1-4-31(5-2)15-16-32-24-19-21(29-27(28)25-8-7-17-34-25)11-14-23(24)30-26(32)18-20-9-12-22(13-10-20)33-6-3;;/h7-14,17,19H,4-6,15-16,18H2,1-3H3,(H2,28,29);2*1H. The van der Waals surface area contributed by atoms with E-state index in [1.807, 2.05) is 48.7 Å². The first-order valence-electron chi connectivity index (χ1n) is 11.9. The molecule has 0 radical (unpaired) electrons. The molecule has 0 spiro atoms. The number of likely N-dealkylation sites (N-methyl/N-ethyl adjacent to an activating group) is 1. The highest BCUT2D eigenvalue weighted by Gasteiger charge is 2.14. The molecular formula is C27H35Cl2N5OS. The van der Waals surface area contributed by atoms with Crippen molar-refractivity contribution in [1.29, 1.82) is 0 Å². The quantitative estimate of drug-likeness (QED) is 0.176. The molecule has 0 aliphatic heterocycles. The molecule has 4 aromatic rings. The van der Waals surface area contributed by atoms with E-state index >= 15 is 0 Å². The highest BCUT2D eigenvalue weighted by Crippen LogP contribution is 2.25. The molecule has 0 saturated carbocycles. The Balaban J connectivity index is 0.00000228. The highest BCUT2D eigenvalue weighted by atomic mass is 35.5. The Morgan fingerprint density at radius 3 is 2.44 bits per heavy atom. The fourth-order valence-corrected chi connectivity index (χ4v) is 4.69. The molecule has 2 aromatic heterocycles. The largest absolute Gasteiger partial charge is 0.494 e. The predicted octanol–water partition coefficient (Wildman–Crippen LogP) is 6.31. The molecule has 0 fully saturated rings. The molecule has 4 rings (SSSR count). The summed E-state index contributed by atoms with van der Waals surface area (Å²) in [5, 5.41) is 2.01. The molecule has 6 nitrogen and oxygen atoms in total. The zero-order chi connectivity index (χ0) is 23.9. The maximum absolute atomic E-state index is 6.25. The zero-order valence-corrected chi connectivity index (χ0v) is 23.5. The SMILES string of the molecule is CCOc1ccc(Cc2nc3ccc(N=C(N)c4cccs4)cc3n2CCN(CC)CC)cc1.Cl.Cl. The molecule has 0 amide bonds. The van der Waals surface area contributed by atoms with Crippen LogP contribution < -0.4 is 10.5 Å². The first kappa shape index (κ1) is 29.6. The number of imidazole rings is 1. The van der Waals surface area contributed by atoms with E-state index in [4.69, 9.17) is 15.5 Å². The van der Waals surface area contributed by atoms with Gasteiger partial charge < -0.3 is 19.9 Å². The summed E-state index contributed by atoms with van der Waals surface area (Å²) < 4.78 is 7.93. The monoisotopic (exact) mass is 547 g/mol. The number of hydrogen-bond acceptors (Lipinski definition) is 5. The summed E-state index contributed by atoms with van der Waals surface area (Å²) in [4.78, 5) is 13.1. The van der Waals surface area contributed by atoms with E-state index in [-0.39, 0.29) is 24.8 Å². The first-order chi connectivity index (χ1) is 16.6. The van der Waals surface area contributed by atoms with E-state index in [0.29, 0.717) is 12.4 Å². The molecule has 0 atom stereocenters. The Kier molecular flexibility index (Phi) is 11.7. The van der Waals surface area contributed by atoms with Crippen LogP contribution >= 0.6 is 36.2 Å². The minimum absolute atomic E-state index is 0. The Morgan fingerprint density at radius 2 is 1.81 bits per heavy atom. The summed E-state index contributed by atoms with van der Waals surface area (Å²) in [6.45, 7) is 11.0. The summed E-state index contributed by atoms with van der Waals surface area (Å²) in [7, 11) is 0. The van der Waals surface area contributed by atoms with Gasteiger partial charge in [-0.3, -0.25) is 0 Å². The van der Waals surface area contributed by atoms with Crippen LogP contribution in [0.2, 0.25) is 0 Å². The number of aliphatic imine (C=N–C) groups is 1. The van der Waals surface area contributed by atoms with E-state index in [0.717, 1.165) is 65.8 Å². The normalized spacial score (nSPS) is 11.4. The van der Waals surface area contributed by atoms with Crippen LogP contribution in [0.15, 0.2) is 65.0 Å². The van der Waals surface area contributed by atoms with Gasteiger partial charge in [-0.2, -0.15) is 0 Å². The molecule has 9 heteroatoms. The van der Waals surface area contributed by atoms with E-state index in [1.165, 1.54) is 5.56 Å². The number of ether oxygens (including phenoxy) is 1. The van der Waals surface area contributed by atoms with Crippen LogP contribution in [-0.4, -0.2) is 46.5 Å². The Hall–Kier alpha value is -2.58. The molecule has 2 heterocycles. The van der Waals surface area contributed by atoms with Crippen molar-refractivity contribution in [2.75, 3.05) is 26.2 Å². The van der Waals surface area contributed by atoms with Crippen LogP contribution in [0.5, 0.6) is 5.75 Å². The lowest BCUT2D eigenvalue weighted by Gasteiger charge is -2.19. The predicted molar refractivity (Wildman–Crippen MR) is 157 cm³/mol. The summed E-state index contributed by atoms with van der Waals surface area (Å²) >= 11 is 1.59. The molecule has 0 aliphatic carbocycles. The second-order valence-electron chi connectivity index (χ2n) is 8.11. The summed E-state index contributed by atoms with van der Waals surface area (Å²) in [6, 6.07) is 18.4. The minimum atomic E-state index is 0. The van der Waals surface area contributed by atoms with Crippen LogP contribution in [0.1, 0.15) is 37.0 Å². The van der Waals surface area contributed by atoms with Crippen LogP contribution in [0.25, 0.3) is 11.0 Å². The van der Waals surface area contributed by atoms with Gasteiger partial charge in [0, 0.05) is 19.5 Å². The maximum Gasteiger partial charge on any atom is 0.141 e. The van der Waals surface area contributed by atoms with Crippen LogP contribution in [0.4, 0.5) is 5.69 Å². The minimum Gasteiger partial charge on any atom is -0.494 e. The van der Waals surface area contributed by atoms with Gasteiger partial charge in [-0.15, -0.1) is 36.2 Å². The van der Waals surface area contributed by atoms with Crippen molar-refractivity contribution in [2.45, 2.75) is 33.7 Å². The second kappa shape index (κ2) is 14.2. The number of thiophene rings is 1. The number of amidine groups is 1. The molecule has 0 unspecified atom stereocenters.